The van der Waals surface area contributed by atoms with Crippen LogP contribution in [-0.2, 0) is 6.18 Å². The van der Waals surface area contributed by atoms with Crippen molar-refractivity contribution in [1.82, 2.24) is 20.3 Å². The number of fused-ring (bicyclic) bond motifs is 1. The zero-order valence-electron chi connectivity index (χ0n) is 15.6. The van der Waals surface area contributed by atoms with Crippen LogP contribution in [0.5, 0.6) is 0 Å². The van der Waals surface area contributed by atoms with Gasteiger partial charge in [-0.1, -0.05) is 12.1 Å². The Balaban J connectivity index is 1.48. The maximum absolute atomic E-state index is 15.0. The second-order valence-electron chi connectivity index (χ2n) is 6.94. The highest BCUT2D eigenvalue weighted by molar-refractivity contribution is 7.15. The molecule has 1 saturated heterocycles. The van der Waals surface area contributed by atoms with Crippen LogP contribution in [0.25, 0.3) is 21.5 Å². The lowest BCUT2D eigenvalue weighted by molar-refractivity contribution is -0.137. The van der Waals surface area contributed by atoms with Gasteiger partial charge < -0.3 is 10.3 Å². The lowest BCUT2D eigenvalue weighted by Crippen LogP contribution is -2.30. The number of halogens is 4. The number of hydrogen-bond acceptors (Lipinski definition) is 4. The van der Waals surface area contributed by atoms with E-state index in [0.717, 1.165) is 17.2 Å². The van der Waals surface area contributed by atoms with E-state index in [4.69, 9.17) is 0 Å². The largest absolute Gasteiger partial charge is 0.443 e. The maximum Gasteiger partial charge on any atom is 0.443 e. The number of amides is 2. The van der Waals surface area contributed by atoms with E-state index in [2.05, 4.69) is 20.3 Å². The Morgan fingerprint density at radius 2 is 1.97 bits per heavy atom. The number of imidazole rings is 1. The van der Waals surface area contributed by atoms with Crippen LogP contribution in [0, 0.1) is 5.82 Å². The summed E-state index contributed by atoms with van der Waals surface area (Å²) >= 11 is 0.450. The molecule has 2 N–H and O–H groups in total. The van der Waals surface area contributed by atoms with Gasteiger partial charge in [0.05, 0.1) is 28.3 Å². The summed E-state index contributed by atoms with van der Waals surface area (Å²) in [4.78, 5) is 24.6. The predicted octanol–water partition coefficient (Wildman–Crippen LogP) is 5.12. The number of aromatic nitrogens is 3. The number of alkyl halides is 3. The SMILES string of the molecule is O=C1NCC(c2ccc(-c3cnc(C(F)(F)F)s3)cc2F)N1c1ccc2nc[nH]c2c1. The van der Waals surface area contributed by atoms with Crippen molar-refractivity contribution in [3.05, 3.63) is 65.3 Å². The molecule has 2 amide bonds. The van der Waals surface area contributed by atoms with E-state index in [0.29, 0.717) is 17.0 Å². The number of urea groups is 1. The van der Waals surface area contributed by atoms with Crippen molar-refractivity contribution in [2.75, 3.05) is 11.4 Å². The van der Waals surface area contributed by atoms with E-state index in [1.807, 2.05) is 0 Å². The Morgan fingerprint density at radius 1 is 1.13 bits per heavy atom. The van der Waals surface area contributed by atoms with E-state index in [1.165, 1.54) is 29.4 Å². The van der Waals surface area contributed by atoms with Gasteiger partial charge in [-0.05, 0) is 29.8 Å². The molecule has 1 atom stereocenters. The molecule has 1 fully saturated rings. The van der Waals surface area contributed by atoms with Crippen LogP contribution in [0.1, 0.15) is 16.6 Å². The van der Waals surface area contributed by atoms with Crippen molar-refractivity contribution in [3.63, 3.8) is 0 Å². The first-order valence-corrected chi connectivity index (χ1v) is 9.96. The molecular formula is C20H13F4N5OS. The highest BCUT2D eigenvalue weighted by Gasteiger charge is 2.36. The summed E-state index contributed by atoms with van der Waals surface area (Å²) in [5.41, 5.74) is 2.58. The average Bonchev–Trinajstić information content (AvgIpc) is 3.46. The minimum Gasteiger partial charge on any atom is -0.345 e. The smallest absolute Gasteiger partial charge is 0.345 e. The summed E-state index contributed by atoms with van der Waals surface area (Å²) in [7, 11) is 0. The summed E-state index contributed by atoms with van der Waals surface area (Å²) in [5, 5.41) is 1.73. The summed E-state index contributed by atoms with van der Waals surface area (Å²) in [5.74, 6) is -0.617. The van der Waals surface area contributed by atoms with Gasteiger partial charge in [0, 0.05) is 24.0 Å². The standard InChI is InChI=1S/C20H13F4N5OS/c21-13-5-10(17-8-25-18(31-17)20(22,23)24)1-3-12(13)16-7-26-19(30)29(16)11-2-4-14-15(6-11)28-9-27-14/h1-6,8-9,16H,7H2,(H,26,30)(H,27,28). The molecule has 0 saturated carbocycles. The first kappa shape index (κ1) is 19.5. The van der Waals surface area contributed by atoms with Gasteiger partial charge >= 0.3 is 12.2 Å². The lowest BCUT2D eigenvalue weighted by Gasteiger charge is -2.24. The molecule has 1 aliphatic heterocycles. The van der Waals surface area contributed by atoms with E-state index in [-0.39, 0.29) is 28.6 Å². The first-order chi connectivity index (χ1) is 14.8. The number of H-pyrrole nitrogens is 1. The van der Waals surface area contributed by atoms with Gasteiger partial charge in [-0.3, -0.25) is 4.90 Å². The fourth-order valence-electron chi connectivity index (χ4n) is 3.61. The van der Waals surface area contributed by atoms with Crippen molar-refractivity contribution in [2.24, 2.45) is 0 Å². The first-order valence-electron chi connectivity index (χ1n) is 9.14. The molecule has 0 spiro atoms. The van der Waals surface area contributed by atoms with Crippen molar-refractivity contribution in [2.45, 2.75) is 12.2 Å². The Labute approximate surface area is 176 Å². The van der Waals surface area contributed by atoms with Gasteiger partial charge in [0.2, 0.25) is 0 Å². The zero-order chi connectivity index (χ0) is 21.8. The molecule has 1 unspecified atom stereocenters. The molecule has 0 radical (unpaired) electrons. The quantitative estimate of drug-likeness (QED) is 0.429. The molecule has 3 heterocycles. The average molecular weight is 447 g/mol. The van der Waals surface area contributed by atoms with Gasteiger partial charge in [0.25, 0.3) is 0 Å². The fourth-order valence-corrected chi connectivity index (χ4v) is 4.39. The molecule has 1 aliphatic rings. The summed E-state index contributed by atoms with van der Waals surface area (Å²) in [6.07, 6.45) is -1.93. The van der Waals surface area contributed by atoms with Crippen LogP contribution in [-0.4, -0.2) is 27.5 Å². The molecule has 6 nitrogen and oxygen atoms in total. The molecule has 0 bridgehead atoms. The number of hydrogen-bond donors (Lipinski definition) is 2. The number of nitrogens with one attached hydrogen (secondary N) is 2. The minimum absolute atomic E-state index is 0.189. The van der Waals surface area contributed by atoms with E-state index in [9.17, 15) is 18.0 Å². The van der Waals surface area contributed by atoms with Crippen LogP contribution in [0.2, 0.25) is 0 Å². The Morgan fingerprint density at radius 3 is 2.71 bits per heavy atom. The van der Waals surface area contributed by atoms with Gasteiger partial charge in [0.15, 0.2) is 5.01 Å². The molecular weight excluding hydrogens is 434 g/mol. The number of rotatable bonds is 3. The number of aromatic amines is 1. The van der Waals surface area contributed by atoms with Crippen LogP contribution < -0.4 is 10.2 Å². The second-order valence-corrected chi connectivity index (χ2v) is 7.97. The van der Waals surface area contributed by atoms with Gasteiger partial charge in [-0.2, -0.15) is 13.2 Å². The third kappa shape index (κ3) is 3.40. The molecule has 31 heavy (non-hydrogen) atoms. The lowest BCUT2D eigenvalue weighted by atomic mass is 10.0. The molecule has 2 aromatic carbocycles. The third-order valence-electron chi connectivity index (χ3n) is 5.05. The number of benzene rings is 2. The molecule has 158 valence electrons. The van der Waals surface area contributed by atoms with Crippen LogP contribution in [0.4, 0.5) is 28.0 Å². The minimum atomic E-state index is -4.55. The number of nitrogens with zero attached hydrogens (tertiary/aromatic N) is 3. The summed E-state index contributed by atoms with van der Waals surface area (Å²) in [6, 6.07) is 8.44. The number of thiazole rings is 1. The zero-order valence-corrected chi connectivity index (χ0v) is 16.4. The molecule has 4 aromatic rings. The summed E-state index contributed by atoms with van der Waals surface area (Å²) in [6.45, 7) is 0.189. The van der Waals surface area contributed by atoms with E-state index >= 15 is 4.39 Å². The fraction of sp³-hybridized carbons (Fsp3) is 0.150. The van der Waals surface area contributed by atoms with Crippen molar-refractivity contribution in [1.29, 1.82) is 0 Å². The second kappa shape index (κ2) is 7.05. The highest BCUT2D eigenvalue weighted by atomic mass is 32.1. The molecule has 11 heteroatoms. The van der Waals surface area contributed by atoms with Gasteiger partial charge in [0.1, 0.15) is 5.82 Å². The topological polar surface area (TPSA) is 73.9 Å². The summed E-state index contributed by atoms with van der Waals surface area (Å²) < 4.78 is 53.4. The monoisotopic (exact) mass is 447 g/mol. The van der Waals surface area contributed by atoms with Crippen LogP contribution in [0.15, 0.2) is 48.9 Å². The number of anilines is 1. The van der Waals surface area contributed by atoms with Crippen LogP contribution in [0.3, 0.4) is 0 Å². The van der Waals surface area contributed by atoms with Crippen molar-refractivity contribution >= 4 is 34.1 Å². The normalized spacial score (nSPS) is 16.8. The van der Waals surface area contributed by atoms with Gasteiger partial charge in [-0.15, -0.1) is 11.3 Å². The van der Waals surface area contributed by atoms with E-state index in [1.54, 1.807) is 18.2 Å². The highest BCUT2D eigenvalue weighted by Crippen LogP contribution is 2.38. The molecule has 5 rings (SSSR count). The van der Waals surface area contributed by atoms with Crippen LogP contribution >= 0.6 is 11.3 Å². The van der Waals surface area contributed by atoms with E-state index < -0.39 is 23.0 Å². The Kier molecular flexibility index (Phi) is 4.43. The molecule has 0 aliphatic carbocycles. The Bertz CT molecular complexity index is 1300. The molecule has 2 aromatic heterocycles. The third-order valence-corrected chi connectivity index (χ3v) is 6.14. The van der Waals surface area contributed by atoms with Gasteiger partial charge in [-0.25, -0.2) is 19.2 Å². The maximum atomic E-state index is 15.0. The predicted molar refractivity (Wildman–Crippen MR) is 107 cm³/mol. The Hall–Kier alpha value is -3.47. The number of carbonyl (C=O) groups excluding carboxylic acids is 1. The van der Waals surface area contributed by atoms with Crippen molar-refractivity contribution < 1.29 is 22.4 Å². The number of carbonyl (C=O) groups is 1. The van der Waals surface area contributed by atoms with Crippen molar-refractivity contribution in [3.8, 4) is 10.4 Å².